The number of hydrogen-bond acceptors (Lipinski definition) is 27. The van der Waals surface area contributed by atoms with Gasteiger partial charge >= 0.3 is 22.7 Å². The normalized spacial score (nSPS) is 16.2. The molecular formula is C97H94F8N20O19. The average molecular weight is 2000 g/mol. The quantitative estimate of drug-likeness (QED) is 0.0222. The van der Waals surface area contributed by atoms with E-state index in [4.69, 9.17) is 55.3 Å². The highest BCUT2D eigenvalue weighted by atomic mass is 19.2. The molecule has 15 aromatic rings. The Morgan fingerprint density at radius 1 is 0.368 bits per heavy atom. The Balaban J connectivity index is 0.000000147. The number of benzene rings is 7. The van der Waals surface area contributed by atoms with Gasteiger partial charge in [-0.2, -0.15) is 40.8 Å². The highest BCUT2D eigenvalue weighted by Gasteiger charge is 2.42. The van der Waals surface area contributed by atoms with Crippen molar-refractivity contribution in [3.8, 4) is 109 Å². The van der Waals surface area contributed by atoms with Crippen molar-refractivity contribution in [3.63, 3.8) is 0 Å². The smallest absolute Gasteiger partial charge is 0.316 e. The number of halogens is 8. The number of nitro groups is 4. The third-order valence-electron chi connectivity index (χ3n) is 26.1. The van der Waals surface area contributed by atoms with Crippen molar-refractivity contribution in [1.82, 2.24) is 78.7 Å². The largest absolute Gasteiger partial charge is 0.508 e. The van der Waals surface area contributed by atoms with Crippen molar-refractivity contribution < 1.29 is 120 Å². The summed E-state index contributed by atoms with van der Waals surface area (Å²) in [4.78, 5) is 44.4. The van der Waals surface area contributed by atoms with E-state index in [0.717, 1.165) is 40.3 Å². The highest BCUT2D eigenvalue weighted by Crippen LogP contribution is 2.51. The van der Waals surface area contributed by atoms with Crippen molar-refractivity contribution in [3.05, 3.63) is 293 Å². The van der Waals surface area contributed by atoms with Gasteiger partial charge in [-0.25, -0.2) is 35.1 Å². The van der Waals surface area contributed by atoms with E-state index in [1.54, 1.807) is 61.9 Å². The number of phenols is 3. The van der Waals surface area contributed by atoms with E-state index < -0.39 is 145 Å². The maximum atomic E-state index is 15.9. The van der Waals surface area contributed by atoms with Crippen LogP contribution in [0.3, 0.4) is 0 Å². The number of H-pyrrole nitrogens is 1. The summed E-state index contributed by atoms with van der Waals surface area (Å²) in [5, 5.41) is 113. The lowest BCUT2D eigenvalue weighted by Gasteiger charge is -2.26. The molecule has 0 aliphatic heterocycles. The number of aromatic amines is 1. The van der Waals surface area contributed by atoms with E-state index in [1.807, 2.05) is 24.3 Å². The Kier molecular flexibility index (Phi) is 25.5. The molecule has 4 N–H and O–H groups in total. The zero-order valence-corrected chi connectivity index (χ0v) is 77.9. The topological polar surface area (TPSA) is 461 Å². The molecule has 0 bridgehead atoms. The summed E-state index contributed by atoms with van der Waals surface area (Å²) in [7, 11) is 4.11. The second-order valence-electron chi connectivity index (χ2n) is 34.1. The Hall–Kier alpha value is -16.9. The lowest BCUT2D eigenvalue weighted by molar-refractivity contribution is -0.384. The van der Waals surface area contributed by atoms with Crippen molar-refractivity contribution in [2.75, 3.05) is 56.7 Å². The van der Waals surface area contributed by atoms with Crippen molar-refractivity contribution >= 4 is 22.7 Å². The first kappa shape index (κ1) is 88.5. The number of rotatable bonds is 26. The minimum atomic E-state index is -3.16. The molecule has 8 aromatic heterocycles. The van der Waals surface area contributed by atoms with E-state index in [1.165, 1.54) is 108 Å². The fourth-order valence-corrected chi connectivity index (χ4v) is 19.2. The molecule has 8 heterocycles. The summed E-state index contributed by atoms with van der Waals surface area (Å²) in [6, 6.07) is 23.4. The summed E-state index contributed by atoms with van der Waals surface area (Å²) >= 11 is 0. The molecule has 7 aromatic carbocycles. The first-order valence-corrected chi connectivity index (χ1v) is 44.2. The van der Waals surface area contributed by atoms with Crippen molar-refractivity contribution in [2.45, 2.75) is 120 Å². The van der Waals surface area contributed by atoms with Gasteiger partial charge in [0.05, 0.1) is 108 Å². The number of aromatic hydroxyl groups is 3. The molecule has 4 atom stereocenters. The van der Waals surface area contributed by atoms with Crippen LogP contribution in [-0.2, 0) is 99.2 Å². The molecule has 0 spiro atoms. The third kappa shape index (κ3) is 19.0. The monoisotopic (exact) mass is 2000 g/mol. The number of phenolic OH excluding ortho intramolecular Hbond substituents is 3. The van der Waals surface area contributed by atoms with Gasteiger partial charge in [-0.05, 0) is 154 Å². The molecule has 4 aliphatic rings. The predicted molar refractivity (Wildman–Crippen MR) is 499 cm³/mol. The number of nitrogens with one attached hydrogen (secondary N) is 1. The Bertz CT molecular complexity index is 7720. The zero-order valence-electron chi connectivity index (χ0n) is 86.9. The Morgan fingerprint density at radius 2 is 0.646 bits per heavy atom. The van der Waals surface area contributed by atoms with Crippen LogP contribution in [0, 0.1) is 87.0 Å². The summed E-state index contributed by atoms with van der Waals surface area (Å²) in [6.45, 7) is 0.615. The number of ether oxygens (including phenoxy) is 8. The molecule has 47 heteroatoms. The van der Waals surface area contributed by atoms with Gasteiger partial charge in [-0.1, -0.05) is 36.4 Å². The molecule has 19 rings (SSSR count). The summed E-state index contributed by atoms with van der Waals surface area (Å²) in [6.07, 6.45) is 7.48. The first-order valence-electron chi connectivity index (χ1n) is 48.7. The van der Waals surface area contributed by atoms with Crippen LogP contribution in [0.2, 0.25) is 0 Å². The van der Waals surface area contributed by atoms with Crippen LogP contribution in [0.5, 0.6) is 63.2 Å². The molecule has 752 valence electrons. The minimum Gasteiger partial charge on any atom is -0.508 e. The molecule has 0 saturated heterocycles. The van der Waals surface area contributed by atoms with Crippen LogP contribution >= 0.6 is 0 Å². The average Bonchev–Trinajstić information content (AvgIpc) is 1.61. The number of aryl methyl sites for hydroxylation is 4. The van der Waals surface area contributed by atoms with Crippen LogP contribution < -0.4 is 37.9 Å². The molecule has 39 nitrogen and oxygen atoms in total. The summed E-state index contributed by atoms with van der Waals surface area (Å²) in [5.41, 5.74) is 7.75. The maximum absolute atomic E-state index is 15.9. The van der Waals surface area contributed by atoms with E-state index in [2.05, 4.69) is 40.8 Å². The molecular weight excluding hydrogens is 1900 g/mol. The number of aromatic nitrogens is 16. The number of methoxy groups -OCH3 is 8. The molecule has 4 unspecified atom stereocenters. The lowest BCUT2D eigenvalue weighted by atomic mass is 9.81. The minimum absolute atomic E-state index is 0.0370. The van der Waals surface area contributed by atoms with Gasteiger partial charge < -0.3 is 53.2 Å². The maximum Gasteiger partial charge on any atom is 0.316 e. The van der Waals surface area contributed by atoms with Gasteiger partial charge in [0.1, 0.15) is 64.8 Å². The standard InChI is InChI=1S/2C27H27F2N5O5.C24H21F2N5O5.C19H19F2N5O4/c2*1-32-27(20(13-30-32)34(35)36)26-18-10-7-16(23-24(28)21(38-3)12-22(39-4)25(23)29)11-19(18)33(31-26)14-15-5-8-17(37-2)9-6-15;1-29-24(17(10-27-29)31(35)36)23-15-7-4-13(20-21(25)18(33)9-19(34)22(20)26)8-16(15)30(28-23)11-12-2-5-14(32)6-3-12;1-25-19(12(8-22-25)26(27)28)18-10-5-4-9(6-11(10)23-24-18)15-16(20)13(29-2)7-14(30-3)17(15)21/h2*5-6,8-9,12-13,16H,7,10-11,14H2,1-4H3;2-3,5-6,9-10,13,32-34H,4,7-8,11H2,1H3;7-9H,4-6H2,1-3H3,(H,23,24)/i2D3,3D3,4D3;;;. The van der Waals surface area contributed by atoms with Crippen LogP contribution in [0.25, 0.3) is 45.6 Å². The van der Waals surface area contributed by atoms with Crippen molar-refractivity contribution in [1.29, 1.82) is 0 Å². The van der Waals surface area contributed by atoms with Gasteiger partial charge in [0.2, 0.25) is 0 Å². The van der Waals surface area contributed by atoms with E-state index in [-0.39, 0.29) is 155 Å². The van der Waals surface area contributed by atoms with Crippen LogP contribution in [-0.4, -0.2) is 170 Å². The second-order valence-corrected chi connectivity index (χ2v) is 34.1. The Morgan fingerprint density at radius 3 is 0.944 bits per heavy atom. The SMILES string of the molecule is COc1cc(OC)c(F)c(C2CCc3c(-c4c([N+](=O)[O-])cnn4C)n[nH]c3C2)c1F.COc1ccc(Cn2nc(-c3c([N+](=O)[O-])cnn3C)c3c2CC(c2c(F)c(OC)cc(OC)c2F)CC3)cc1.Cn1ncc([N+](=O)[O-])c1-c1nn(Cc2ccc(O)cc2)c2c1CCC(c1c(F)c(O)cc(O)c1F)C2.[2H]C([2H])([2H])Oc1ccc(Cn2nc(-c3c([N+](=O)[O-])cnn3C)c3c2CC(c2c(F)c(OC([2H])([2H])[2H])cc(OC([2H])([2H])[2H])c2F)CC3)cc1. The van der Waals surface area contributed by atoms with Crippen molar-refractivity contribution in [2.24, 2.45) is 28.2 Å². The predicted octanol–water partition coefficient (Wildman–Crippen LogP) is 16.8. The number of nitrogens with zero attached hydrogens (tertiary/aromatic N) is 19. The lowest BCUT2D eigenvalue weighted by Crippen LogP contribution is -2.19. The molecule has 0 fully saturated rings. The molecule has 0 radical (unpaired) electrons. The van der Waals surface area contributed by atoms with Gasteiger partial charge in [-0.15, -0.1) is 0 Å². The van der Waals surface area contributed by atoms with Crippen LogP contribution in [0.1, 0.15) is 146 Å². The van der Waals surface area contributed by atoms with Gasteiger partial charge in [0.15, 0.2) is 115 Å². The first-order chi connectivity index (χ1) is 72.5. The van der Waals surface area contributed by atoms with E-state index in [9.17, 15) is 73.3 Å². The van der Waals surface area contributed by atoms with E-state index >= 15 is 17.6 Å². The fraction of sp³-hybridized carbons (Fsp3) is 0.320. The van der Waals surface area contributed by atoms with Gasteiger partial charge in [-0.3, -0.25) is 78.3 Å². The fourth-order valence-electron chi connectivity index (χ4n) is 19.2. The second kappa shape index (κ2) is 41.5. The number of fused-ring (bicyclic) bond motifs is 4. The van der Waals surface area contributed by atoms with Crippen LogP contribution in [0.4, 0.5) is 57.9 Å². The summed E-state index contributed by atoms with van der Waals surface area (Å²) < 4.78 is 239. The molecule has 144 heavy (non-hydrogen) atoms. The van der Waals surface area contributed by atoms with Gasteiger partial charge in [0.25, 0.3) is 0 Å². The summed E-state index contributed by atoms with van der Waals surface area (Å²) in [5.74, 6) is -13.9. The molecule has 4 aliphatic carbocycles. The molecule has 0 saturated carbocycles. The van der Waals surface area contributed by atoms with E-state index in [0.29, 0.717) is 107 Å². The zero-order chi connectivity index (χ0) is 110. The third-order valence-corrected chi connectivity index (χ3v) is 26.1. The van der Waals surface area contributed by atoms with Gasteiger partial charge in [0, 0.05) is 120 Å². The van der Waals surface area contributed by atoms with Crippen LogP contribution in [0.15, 0.2) is 122 Å². The number of hydrogen-bond donors (Lipinski definition) is 4. The highest BCUT2D eigenvalue weighted by molar-refractivity contribution is 5.74. The Labute approximate surface area is 825 Å². The molecule has 0 amide bonds.